The van der Waals surface area contributed by atoms with Crippen LogP contribution in [0.4, 0.5) is 0 Å². The third-order valence-corrected chi connectivity index (χ3v) is 2.70. The maximum Gasteiger partial charge on any atom is 0.0726 e. The first kappa shape index (κ1) is 13.2. The van der Waals surface area contributed by atoms with E-state index >= 15 is 0 Å². The topological polar surface area (TPSA) is 38.9 Å². The molecule has 84 valence electrons. The van der Waals surface area contributed by atoms with Crippen molar-refractivity contribution in [2.45, 2.75) is 6.04 Å². The van der Waals surface area contributed by atoms with E-state index in [1.165, 1.54) is 0 Å². The predicted octanol–water partition coefficient (Wildman–Crippen LogP) is 3.31. The zero-order valence-electron chi connectivity index (χ0n) is 8.51. The molecule has 1 aromatic carbocycles. The highest BCUT2D eigenvalue weighted by atomic mass is 79.9. The minimum absolute atomic E-state index is 0. The quantitative estimate of drug-likeness (QED) is 0.924. The fraction of sp³-hybridized carbons (Fsp3) is 0.0833. The maximum atomic E-state index is 6.09. The highest BCUT2D eigenvalue weighted by Gasteiger charge is 2.08. The minimum Gasteiger partial charge on any atom is -0.319 e. The van der Waals surface area contributed by atoms with Gasteiger partial charge in [-0.1, -0.05) is 30.3 Å². The molecule has 0 bridgehead atoms. The second-order valence-corrected chi connectivity index (χ2v) is 4.21. The molecule has 1 atom stereocenters. The van der Waals surface area contributed by atoms with Crippen LogP contribution in [0.15, 0.2) is 53.1 Å². The number of hydrogen-bond acceptors (Lipinski definition) is 2. The molecule has 0 aliphatic heterocycles. The van der Waals surface area contributed by atoms with Crippen molar-refractivity contribution in [3.63, 3.8) is 0 Å². The summed E-state index contributed by atoms with van der Waals surface area (Å²) in [7, 11) is 0. The predicted molar refractivity (Wildman–Crippen MR) is 71.7 cm³/mol. The van der Waals surface area contributed by atoms with Gasteiger partial charge < -0.3 is 5.73 Å². The number of halogens is 2. The van der Waals surface area contributed by atoms with Crippen molar-refractivity contribution in [1.82, 2.24) is 4.98 Å². The second-order valence-electron chi connectivity index (χ2n) is 3.29. The summed E-state index contributed by atoms with van der Waals surface area (Å²) in [5.41, 5.74) is 8.04. The summed E-state index contributed by atoms with van der Waals surface area (Å²) in [4.78, 5) is 4.28. The Morgan fingerprint density at radius 3 is 2.31 bits per heavy atom. The van der Waals surface area contributed by atoms with E-state index in [1.807, 2.05) is 42.5 Å². The largest absolute Gasteiger partial charge is 0.319 e. The summed E-state index contributed by atoms with van der Waals surface area (Å²) < 4.78 is 0.964. The Balaban J connectivity index is 0.00000128. The first-order chi connectivity index (χ1) is 7.27. The molecule has 2 aromatic rings. The Kier molecular flexibility index (Phi) is 4.93. The number of aromatic nitrogens is 1. The molecular formula is C12H12BrClN2. The molecule has 0 amide bonds. The van der Waals surface area contributed by atoms with Crippen molar-refractivity contribution in [2.24, 2.45) is 5.73 Å². The van der Waals surface area contributed by atoms with E-state index in [9.17, 15) is 0 Å². The normalized spacial score (nSPS) is 11.6. The number of hydrogen-bond donors (Lipinski definition) is 1. The maximum absolute atomic E-state index is 6.09. The highest BCUT2D eigenvalue weighted by molar-refractivity contribution is 9.10. The molecule has 0 spiro atoms. The average molecular weight is 300 g/mol. The standard InChI is InChI=1S/C12H11BrN2.ClH/c13-10-6-7-11(15-8-10)12(14)9-4-2-1-3-5-9;/h1-8,12H,14H2;1H/t12-;/m1./s1. The lowest BCUT2D eigenvalue weighted by Gasteiger charge is -2.10. The second kappa shape index (κ2) is 5.99. The van der Waals surface area contributed by atoms with Crippen molar-refractivity contribution < 1.29 is 0 Å². The van der Waals surface area contributed by atoms with Crippen LogP contribution < -0.4 is 5.73 Å². The number of nitrogens with zero attached hydrogens (tertiary/aromatic N) is 1. The van der Waals surface area contributed by atoms with E-state index in [2.05, 4.69) is 20.9 Å². The van der Waals surface area contributed by atoms with E-state index < -0.39 is 0 Å². The summed E-state index contributed by atoms with van der Waals surface area (Å²) in [5, 5.41) is 0. The molecule has 0 radical (unpaired) electrons. The zero-order chi connectivity index (χ0) is 10.7. The van der Waals surface area contributed by atoms with Crippen molar-refractivity contribution in [2.75, 3.05) is 0 Å². The molecule has 2 N–H and O–H groups in total. The number of benzene rings is 1. The van der Waals surface area contributed by atoms with Crippen LogP contribution in [0, 0.1) is 0 Å². The molecule has 2 rings (SSSR count). The summed E-state index contributed by atoms with van der Waals surface area (Å²) in [6.07, 6.45) is 1.76. The van der Waals surface area contributed by atoms with Gasteiger partial charge in [0.05, 0.1) is 11.7 Å². The van der Waals surface area contributed by atoms with E-state index in [0.29, 0.717) is 0 Å². The van der Waals surface area contributed by atoms with E-state index in [1.54, 1.807) is 6.20 Å². The van der Waals surface area contributed by atoms with E-state index in [4.69, 9.17) is 5.73 Å². The lowest BCUT2D eigenvalue weighted by Crippen LogP contribution is -2.13. The summed E-state index contributed by atoms with van der Waals surface area (Å²) >= 11 is 3.35. The molecule has 0 unspecified atom stereocenters. The third kappa shape index (κ3) is 3.04. The molecule has 0 saturated carbocycles. The molecule has 0 saturated heterocycles. The van der Waals surface area contributed by atoms with Crippen LogP contribution in [0.25, 0.3) is 0 Å². The van der Waals surface area contributed by atoms with Crippen LogP contribution >= 0.6 is 28.3 Å². The molecular weight excluding hydrogens is 288 g/mol. The van der Waals surface area contributed by atoms with Crippen LogP contribution in [-0.2, 0) is 0 Å². The Hall–Kier alpha value is -0.900. The van der Waals surface area contributed by atoms with Gasteiger partial charge in [0.1, 0.15) is 0 Å². The monoisotopic (exact) mass is 298 g/mol. The van der Waals surface area contributed by atoms with Gasteiger partial charge in [0.2, 0.25) is 0 Å². The molecule has 4 heteroatoms. The highest BCUT2D eigenvalue weighted by Crippen LogP contribution is 2.18. The molecule has 2 nitrogen and oxygen atoms in total. The van der Waals surface area contributed by atoms with Crippen molar-refractivity contribution >= 4 is 28.3 Å². The van der Waals surface area contributed by atoms with Gasteiger partial charge >= 0.3 is 0 Å². The lowest BCUT2D eigenvalue weighted by molar-refractivity contribution is 0.828. The third-order valence-electron chi connectivity index (χ3n) is 2.23. The van der Waals surface area contributed by atoms with Gasteiger partial charge in [0, 0.05) is 10.7 Å². The molecule has 0 fully saturated rings. The van der Waals surface area contributed by atoms with E-state index in [0.717, 1.165) is 15.7 Å². The van der Waals surface area contributed by atoms with Gasteiger partial charge in [-0.2, -0.15) is 0 Å². The summed E-state index contributed by atoms with van der Waals surface area (Å²) in [6, 6.07) is 13.7. The summed E-state index contributed by atoms with van der Waals surface area (Å²) in [6.45, 7) is 0. The number of nitrogens with two attached hydrogens (primary N) is 1. The van der Waals surface area contributed by atoms with Crippen molar-refractivity contribution in [3.05, 3.63) is 64.4 Å². The Bertz CT molecular complexity index is 431. The summed E-state index contributed by atoms with van der Waals surface area (Å²) in [5.74, 6) is 0. The van der Waals surface area contributed by atoms with Crippen LogP contribution in [0.2, 0.25) is 0 Å². The molecule has 0 aliphatic carbocycles. The Morgan fingerprint density at radius 1 is 1.06 bits per heavy atom. The van der Waals surface area contributed by atoms with Gasteiger partial charge in [-0.25, -0.2) is 0 Å². The lowest BCUT2D eigenvalue weighted by atomic mass is 10.0. The van der Waals surface area contributed by atoms with Crippen LogP contribution in [-0.4, -0.2) is 4.98 Å². The Morgan fingerprint density at radius 2 is 1.75 bits per heavy atom. The van der Waals surface area contributed by atoms with Gasteiger partial charge in [-0.05, 0) is 33.6 Å². The molecule has 1 aromatic heterocycles. The minimum atomic E-state index is -0.153. The van der Waals surface area contributed by atoms with Crippen LogP contribution in [0.5, 0.6) is 0 Å². The van der Waals surface area contributed by atoms with Crippen LogP contribution in [0.3, 0.4) is 0 Å². The molecule has 0 aliphatic rings. The molecule has 1 heterocycles. The average Bonchev–Trinajstić information content (AvgIpc) is 2.30. The first-order valence-corrected chi connectivity index (χ1v) is 5.48. The van der Waals surface area contributed by atoms with Gasteiger partial charge in [0.15, 0.2) is 0 Å². The van der Waals surface area contributed by atoms with Crippen molar-refractivity contribution in [3.8, 4) is 0 Å². The molecule has 16 heavy (non-hydrogen) atoms. The SMILES string of the molecule is Cl.N[C@H](c1ccccc1)c1ccc(Br)cn1. The fourth-order valence-electron chi connectivity index (χ4n) is 1.40. The van der Waals surface area contributed by atoms with Gasteiger partial charge in [-0.3, -0.25) is 4.98 Å². The van der Waals surface area contributed by atoms with Gasteiger partial charge in [-0.15, -0.1) is 12.4 Å². The van der Waals surface area contributed by atoms with Gasteiger partial charge in [0.25, 0.3) is 0 Å². The fourth-order valence-corrected chi connectivity index (χ4v) is 1.64. The number of pyridine rings is 1. The first-order valence-electron chi connectivity index (χ1n) is 4.69. The Labute approximate surface area is 109 Å². The number of rotatable bonds is 2. The zero-order valence-corrected chi connectivity index (χ0v) is 10.9. The smallest absolute Gasteiger partial charge is 0.0726 e. The van der Waals surface area contributed by atoms with Crippen LogP contribution in [0.1, 0.15) is 17.3 Å². The van der Waals surface area contributed by atoms with E-state index in [-0.39, 0.29) is 18.4 Å². The van der Waals surface area contributed by atoms with Crippen molar-refractivity contribution in [1.29, 1.82) is 0 Å².